The molecule has 0 aliphatic carbocycles. The number of hydrogen-bond acceptors (Lipinski definition) is 4. The molecule has 0 fully saturated rings. The lowest BCUT2D eigenvalue weighted by Crippen LogP contribution is -2.35. The molecule has 7 nitrogen and oxygen atoms in total. The molecule has 1 aliphatic heterocycles. The molecule has 1 aromatic carbocycles. The van der Waals surface area contributed by atoms with Crippen LogP contribution in [0, 0.1) is 0 Å². The van der Waals surface area contributed by atoms with E-state index in [4.69, 9.17) is 0 Å². The largest absolute Gasteiger partial charge is 0.348 e. The molecule has 1 amide bonds. The molecule has 1 unspecified atom stereocenters. The Kier molecular flexibility index (Phi) is 4.31. The first-order valence-electron chi connectivity index (χ1n) is 7.72. The highest BCUT2D eigenvalue weighted by atomic mass is 32.2. The molecule has 0 spiro atoms. The van der Waals surface area contributed by atoms with Gasteiger partial charge in [0, 0.05) is 37.1 Å². The molecule has 0 bridgehead atoms. The molecule has 1 atom stereocenters. The van der Waals surface area contributed by atoms with Crippen molar-refractivity contribution in [3.63, 3.8) is 0 Å². The van der Waals surface area contributed by atoms with Crippen molar-refractivity contribution >= 4 is 21.6 Å². The van der Waals surface area contributed by atoms with Crippen LogP contribution in [0.2, 0.25) is 0 Å². The van der Waals surface area contributed by atoms with Crippen LogP contribution in [0.3, 0.4) is 0 Å². The van der Waals surface area contributed by atoms with E-state index in [1.165, 1.54) is 10.6 Å². The number of amides is 1. The summed E-state index contributed by atoms with van der Waals surface area (Å²) in [4.78, 5) is 16.4. The normalized spacial score (nSPS) is 15.2. The van der Waals surface area contributed by atoms with Gasteiger partial charge >= 0.3 is 0 Å². The van der Waals surface area contributed by atoms with Crippen molar-refractivity contribution in [3.05, 3.63) is 48.0 Å². The Morgan fingerprint density at radius 3 is 2.88 bits per heavy atom. The Hall–Kier alpha value is -2.35. The van der Waals surface area contributed by atoms with Crippen LogP contribution in [-0.4, -0.2) is 42.7 Å². The number of nitrogens with zero attached hydrogens (tertiary/aromatic N) is 3. The van der Waals surface area contributed by atoms with Gasteiger partial charge < -0.3 is 9.88 Å². The van der Waals surface area contributed by atoms with E-state index in [0.29, 0.717) is 30.8 Å². The summed E-state index contributed by atoms with van der Waals surface area (Å²) < 4.78 is 26.8. The van der Waals surface area contributed by atoms with Crippen molar-refractivity contribution in [2.75, 3.05) is 17.1 Å². The summed E-state index contributed by atoms with van der Waals surface area (Å²) >= 11 is 0. The van der Waals surface area contributed by atoms with Gasteiger partial charge in [0.05, 0.1) is 18.3 Å². The van der Waals surface area contributed by atoms with Gasteiger partial charge in [0.1, 0.15) is 0 Å². The smallest absolute Gasteiger partial charge is 0.251 e. The highest BCUT2D eigenvalue weighted by molar-refractivity contribution is 7.92. The predicted octanol–water partition coefficient (Wildman–Crippen LogP) is 1.02. The quantitative estimate of drug-likeness (QED) is 0.874. The first-order chi connectivity index (χ1) is 11.3. The van der Waals surface area contributed by atoms with Gasteiger partial charge in [-0.25, -0.2) is 13.4 Å². The Labute approximate surface area is 141 Å². The maximum atomic E-state index is 12.4. The van der Waals surface area contributed by atoms with Gasteiger partial charge in [-0.2, -0.15) is 0 Å². The number of aromatic nitrogens is 2. The van der Waals surface area contributed by atoms with Crippen molar-refractivity contribution in [1.82, 2.24) is 14.9 Å². The van der Waals surface area contributed by atoms with E-state index in [9.17, 15) is 13.2 Å². The van der Waals surface area contributed by atoms with Crippen LogP contribution in [0.25, 0.3) is 0 Å². The second-order valence-corrected chi connectivity index (χ2v) is 7.97. The van der Waals surface area contributed by atoms with Gasteiger partial charge in [-0.15, -0.1) is 0 Å². The summed E-state index contributed by atoms with van der Waals surface area (Å²) in [5.74, 6) is -0.164. The van der Waals surface area contributed by atoms with E-state index in [2.05, 4.69) is 10.3 Å². The summed E-state index contributed by atoms with van der Waals surface area (Å²) in [5.41, 5.74) is 2.09. The van der Waals surface area contributed by atoms with E-state index < -0.39 is 10.0 Å². The first kappa shape index (κ1) is 16.5. The number of sulfonamides is 1. The van der Waals surface area contributed by atoms with Crippen molar-refractivity contribution < 1.29 is 13.2 Å². The minimum absolute atomic E-state index is 0.0486. The minimum atomic E-state index is -3.27. The lowest BCUT2D eigenvalue weighted by molar-refractivity contribution is 0.0936. The van der Waals surface area contributed by atoms with Crippen molar-refractivity contribution in [3.8, 4) is 0 Å². The summed E-state index contributed by atoms with van der Waals surface area (Å²) in [6, 6.07) is 5.10. The third kappa shape index (κ3) is 3.43. The van der Waals surface area contributed by atoms with E-state index in [-0.39, 0.29) is 11.9 Å². The standard InChI is InChI=1S/C16H20N4O3S/c1-12(10-19-8-6-17-11-19)18-16(21)14-3-4-15-13(9-14)5-7-20(15)24(2,22)23/h3-4,6,8-9,11-12H,5,7,10H2,1-2H3,(H,18,21). The first-order valence-corrected chi connectivity index (χ1v) is 9.56. The third-order valence-corrected chi connectivity index (χ3v) is 5.20. The molecule has 0 radical (unpaired) electrons. The fourth-order valence-electron chi connectivity index (χ4n) is 2.92. The number of rotatable bonds is 5. The van der Waals surface area contributed by atoms with E-state index in [1.54, 1.807) is 30.7 Å². The molecule has 24 heavy (non-hydrogen) atoms. The van der Waals surface area contributed by atoms with Crippen molar-refractivity contribution in [1.29, 1.82) is 0 Å². The minimum Gasteiger partial charge on any atom is -0.348 e. The van der Waals surface area contributed by atoms with Crippen LogP contribution in [-0.2, 0) is 23.0 Å². The summed E-state index contributed by atoms with van der Waals surface area (Å²) in [5, 5.41) is 2.95. The molecule has 8 heteroatoms. The predicted molar refractivity (Wildman–Crippen MR) is 91.5 cm³/mol. The number of nitrogens with one attached hydrogen (secondary N) is 1. The van der Waals surface area contributed by atoms with Gasteiger partial charge in [-0.1, -0.05) is 0 Å². The highest BCUT2D eigenvalue weighted by Gasteiger charge is 2.26. The third-order valence-electron chi connectivity index (χ3n) is 4.02. The van der Waals surface area contributed by atoms with Gasteiger partial charge in [-0.3, -0.25) is 9.10 Å². The van der Waals surface area contributed by atoms with Crippen molar-refractivity contribution in [2.24, 2.45) is 0 Å². The monoisotopic (exact) mass is 348 g/mol. The number of hydrogen-bond donors (Lipinski definition) is 1. The molecule has 2 aromatic rings. The fraction of sp³-hybridized carbons (Fsp3) is 0.375. The molecule has 0 saturated heterocycles. The zero-order valence-corrected chi connectivity index (χ0v) is 14.5. The Morgan fingerprint density at radius 2 is 2.21 bits per heavy atom. The molecule has 1 aliphatic rings. The second-order valence-electron chi connectivity index (χ2n) is 6.06. The molecule has 1 aromatic heterocycles. The van der Waals surface area contributed by atoms with E-state index >= 15 is 0 Å². The molecule has 2 heterocycles. The number of anilines is 1. The molecular formula is C16H20N4O3S. The van der Waals surface area contributed by atoms with Gasteiger partial charge in [0.2, 0.25) is 10.0 Å². The Balaban J connectivity index is 1.71. The van der Waals surface area contributed by atoms with Gasteiger partial charge in [0.15, 0.2) is 0 Å². The maximum absolute atomic E-state index is 12.4. The van der Waals surface area contributed by atoms with Crippen LogP contribution in [0.4, 0.5) is 5.69 Å². The van der Waals surface area contributed by atoms with Gasteiger partial charge in [-0.05, 0) is 37.1 Å². The van der Waals surface area contributed by atoms with Crippen LogP contribution < -0.4 is 9.62 Å². The SMILES string of the molecule is CC(Cn1ccnc1)NC(=O)c1ccc2c(c1)CCN2S(C)(=O)=O. The number of imidazole rings is 1. The van der Waals surface area contributed by atoms with Crippen LogP contribution in [0.15, 0.2) is 36.9 Å². The fourth-order valence-corrected chi connectivity index (χ4v) is 3.88. The zero-order valence-electron chi connectivity index (χ0n) is 13.6. The summed E-state index contributed by atoms with van der Waals surface area (Å²) in [6.07, 6.45) is 7.06. The summed E-state index contributed by atoms with van der Waals surface area (Å²) in [7, 11) is -3.27. The number of fused-ring (bicyclic) bond motifs is 1. The zero-order chi connectivity index (χ0) is 17.3. The number of benzene rings is 1. The molecule has 3 rings (SSSR count). The summed E-state index contributed by atoms with van der Waals surface area (Å²) in [6.45, 7) is 2.99. The molecular weight excluding hydrogens is 328 g/mol. The van der Waals surface area contributed by atoms with Gasteiger partial charge in [0.25, 0.3) is 5.91 Å². The lowest BCUT2D eigenvalue weighted by Gasteiger charge is -2.17. The lowest BCUT2D eigenvalue weighted by atomic mass is 10.1. The second kappa shape index (κ2) is 6.27. The van der Waals surface area contributed by atoms with Crippen molar-refractivity contribution in [2.45, 2.75) is 25.9 Å². The average Bonchev–Trinajstić information content (AvgIpc) is 3.14. The number of carbonyl (C=O) groups is 1. The topological polar surface area (TPSA) is 84.3 Å². The van der Waals surface area contributed by atoms with Crippen LogP contribution in [0.5, 0.6) is 0 Å². The number of carbonyl (C=O) groups excluding carboxylic acids is 1. The van der Waals surface area contributed by atoms with E-state index in [0.717, 1.165) is 5.56 Å². The van der Waals surface area contributed by atoms with E-state index in [1.807, 2.05) is 17.7 Å². The average molecular weight is 348 g/mol. The molecule has 1 N–H and O–H groups in total. The Morgan fingerprint density at radius 1 is 1.42 bits per heavy atom. The van der Waals surface area contributed by atoms with Crippen LogP contribution >= 0.6 is 0 Å². The molecule has 128 valence electrons. The maximum Gasteiger partial charge on any atom is 0.251 e. The Bertz CT molecular complexity index is 846. The highest BCUT2D eigenvalue weighted by Crippen LogP contribution is 2.30. The van der Waals surface area contributed by atoms with Crippen LogP contribution in [0.1, 0.15) is 22.8 Å². The molecule has 0 saturated carbocycles.